The van der Waals surface area contributed by atoms with Gasteiger partial charge in [0.1, 0.15) is 0 Å². The van der Waals surface area contributed by atoms with Crippen molar-refractivity contribution in [1.82, 2.24) is 0 Å². The summed E-state index contributed by atoms with van der Waals surface area (Å²) < 4.78 is 5.28. The van der Waals surface area contributed by atoms with Crippen molar-refractivity contribution in [3.63, 3.8) is 0 Å². The molecule has 1 aromatic rings. The second-order valence-electron chi connectivity index (χ2n) is 3.89. The van der Waals surface area contributed by atoms with Gasteiger partial charge in [-0.05, 0) is 31.9 Å². The normalized spacial score (nSPS) is 11.7. The molecule has 0 amide bonds. The number of ether oxygens (including phenoxy) is 1. The Morgan fingerprint density at radius 2 is 1.79 bits per heavy atom. The molecule has 0 aromatic heterocycles. The summed E-state index contributed by atoms with van der Waals surface area (Å²) in [5, 5.41) is 9.72. The molecule has 0 aliphatic heterocycles. The summed E-state index contributed by atoms with van der Waals surface area (Å²) in [5.74, 6) is 0. The van der Waals surface area contributed by atoms with Gasteiger partial charge in [-0.15, -0.1) is 0 Å². The Hall–Kier alpha value is -0.860. The Morgan fingerprint density at radius 1 is 1.21 bits per heavy atom. The van der Waals surface area contributed by atoms with Gasteiger partial charge in [-0.3, -0.25) is 0 Å². The van der Waals surface area contributed by atoms with E-state index in [1.54, 1.807) is 13.8 Å². The smallest absolute Gasteiger partial charge is 0.0840 e. The van der Waals surface area contributed by atoms with Crippen molar-refractivity contribution in [2.75, 3.05) is 6.61 Å². The lowest BCUT2D eigenvalue weighted by molar-refractivity contribution is 0.0784. The first-order valence-corrected chi connectivity index (χ1v) is 4.93. The van der Waals surface area contributed by atoms with Crippen molar-refractivity contribution in [3.8, 4) is 0 Å². The zero-order valence-corrected chi connectivity index (χ0v) is 9.08. The summed E-state index contributed by atoms with van der Waals surface area (Å²) in [6, 6.07) is 7.86. The van der Waals surface area contributed by atoms with Gasteiger partial charge in [0.2, 0.25) is 0 Å². The maximum atomic E-state index is 9.72. The molecule has 1 aromatic carbocycles. The summed E-state index contributed by atoms with van der Waals surface area (Å²) in [7, 11) is 0. The minimum Gasteiger partial charge on any atom is -0.386 e. The minimum absolute atomic E-state index is 0.642. The van der Waals surface area contributed by atoms with Crippen molar-refractivity contribution in [2.24, 2.45) is 0 Å². The van der Waals surface area contributed by atoms with Crippen LogP contribution in [0.5, 0.6) is 0 Å². The maximum Gasteiger partial charge on any atom is 0.0840 e. The molecule has 0 saturated carbocycles. The van der Waals surface area contributed by atoms with Crippen LogP contribution in [0.1, 0.15) is 31.9 Å². The molecule has 0 fully saturated rings. The van der Waals surface area contributed by atoms with Crippen molar-refractivity contribution >= 4 is 0 Å². The van der Waals surface area contributed by atoms with E-state index in [1.807, 2.05) is 31.2 Å². The third-order valence-corrected chi connectivity index (χ3v) is 2.13. The lowest BCUT2D eigenvalue weighted by Crippen LogP contribution is -2.15. The number of aliphatic hydroxyl groups is 1. The molecule has 0 unspecified atom stereocenters. The van der Waals surface area contributed by atoms with Crippen LogP contribution in [-0.2, 0) is 16.9 Å². The highest BCUT2D eigenvalue weighted by molar-refractivity contribution is 5.25. The average molecular weight is 194 g/mol. The Bertz CT molecular complexity index is 269. The summed E-state index contributed by atoms with van der Waals surface area (Å²) in [4.78, 5) is 0. The second kappa shape index (κ2) is 4.58. The average Bonchev–Trinajstić information content (AvgIpc) is 2.14. The zero-order chi connectivity index (χ0) is 10.6. The fourth-order valence-electron chi connectivity index (χ4n) is 1.23. The van der Waals surface area contributed by atoms with Crippen LogP contribution >= 0.6 is 0 Å². The molecule has 0 atom stereocenters. The lowest BCUT2D eigenvalue weighted by atomic mass is 9.97. The first-order valence-electron chi connectivity index (χ1n) is 4.93. The van der Waals surface area contributed by atoms with Gasteiger partial charge in [-0.25, -0.2) is 0 Å². The first kappa shape index (κ1) is 11.2. The molecule has 0 radical (unpaired) electrons. The molecule has 0 bridgehead atoms. The Kier molecular flexibility index (Phi) is 3.67. The van der Waals surface area contributed by atoms with Crippen molar-refractivity contribution < 1.29 is 9.84 Å². The van der Waals surface area contributed by atoms with E-state index in [0.29, 0.717) is 6.61 Å². The molecule has 2 nitrogen and oxygen atoms in total. The summed E-state index contributed by atoms with van der Waals surface area (Å²) >= 11 is 0. The molecule has 0 aliphatic rings. The van der Waals surface area contributed by atoms with Crippen LogP contribution in [0.4, 0.5) is 0 Å². The van der Waals surface area contributed by atoms with E-state index < -0.39 is 5.60 Å². The van der Waals surface area contributed by atoms with E-state index >= 15 is 0 Å². The van der Waals surface area contributed by atoms with Gasteiger partial charge in [-0.1, -0.05) is 24.3 Å². The van der Waals surface area contributed by atoms with Gasteiger partial charge in [0.05, 0.1) is 12.2 Å². The highest BCUT2D eigenvalue weighted by Crippen LogP contribution is 2.19. The van der Waals surface area contributed by atoms with Gasteiger partial charge < -0.3 is 9.84 Å². The Balaban J connectivity index is 2.69. The van der Waals surface area contributed by atoms with Crippen LogP contribution in [-0.4, -0.2) is 11.7 Å². The number of rotatable bonds is 4. The molecule has 78 valence electrons. The first-order chi connectivity index (χ1) is 6.54. The standard InChI is InChI=1S/C12H18O2/c1-4-14-9-10-5-7-11(8-6-10)12(2,3)13/h5-8,13H,4,9H2,1-3H3. The van der Waals surface area contributed by atoms with Crippen molar-refractivity contribution in [3.05, 3.63) is 35.4 Å². The molecular weight excluding hydrogens is 176 g/mol. The van der Waals surface area contributed by atoms with Gasteiger partial charge in [0, 0.05) is 6.61 Å². The molecule has 2 heteroatoms. The van der Waals surface area contributed by atoms with Crippen LogP contribution in [0, 0.1) is 0 Å². The van der Waals surface area contributed by atoms with Crippen LogP contribution in [0.25, 0.3) is 0 Å². The molecule has 1 N–H and O–H groups in total. The third kappa shape index (κ3) is 3.13. The quantitative estimate of drug-likeness (QED) is 0.797. The fraction of sp³-hybridized carbons (Fsp3) is 0.500. The number of hydrogen-bond donors (Lipinski definition) is 1. The van der Waals surface area contributed by atoms with E-state index in [4.69, 9.17) is 4.74 Å². The Morgan fingerprint density at radius 3 is 2.21 bits per heavy atom. The lowest BCUT2D eigenvalue weighted by Gasteiger charge is -2.17. The van der Waals surface area contributed by atoms with Crippen molar-refractivity contribution in [1.29, 1.82) is 0 Å². The Labute approximate surface area is 85.5 Å². The summed E-state index contributed by atoms with van der Waals surface area (Å²) in [6.45, 7) is 6.91. The highest BCUT2D eigenvalue weighted by atomic mass is 16.5. The zero-order valence-electron chi connectivity index (χ0n) is 9.08. The topological polar surface area (TPSA) is 29.5 Å². The molecule has 0 saturated heterocycles. The van der Waals surface area contributed by atoms with Gasteiger partial charge in [0.15, 0.2) is 0 Å². The number of benzene rings is 1. The fourth-order valence-corrected chi connectivity index (χ4v) is 1.23. The summed E-state index contributed by atoms with van der Waals surface area (Å²) in [6.07, 6.45) is 0. The molecule has 0 heterocycles. The molecule has 14 heavy (non-hydrogen) atoms. The predicted molar refractivity (Wildman–Crippen MR) is 57.0 cm³/mol. The minimum atomic E-state index is -0.760. The largest absolute Gasteiger partial charge is 0.386 e. The van der Waals surface area contributed by atoms with E-state index in [9.17, 15) is 5.11 Å². The molecular formula is C12H18O2. The van der Waals surface area contributed by atoms with Gasteiger partial charge >= 0.3 is 0 Å². The number of hydrogen-bond acceptors (Lipinski definition) is 2. The molecule has 0 spiro atoms. The molecule has 0 aliphatic carbocycles. The highest BCUT2D eigenvalue weighted by Gasteiger charge is 2.14. The van der Waals surface area contributed by atoms with Crippen LogP contribution < -0.4 is 0 Å². The van der Waals surface area contributed by atoms with Gasteiger partial charge in [0.25, 0.3) is 0 Å². The van der Waals surface area contributed by atoms with E-state index in [2.05, 4.69) is 0 Å². The molecule has 1 rings (SSSR count). The van der Waals surface area contributed by atoms with Gasteiger partial charge in [-0.2, -0.15) is 0 Å². The van der Waals surface area contributed by atoms with Crippen LogP contribution in [0.2, 0.25) is 0 Å². The van der Waals surface area contributed by atoms with Crippen LogP contribution in [0.3, 0.4) is 0 Å². The van der Waals surface area contributed by atoms with E-state index in [-0.39, 0.29) is 0 Å². The third-order valence-electron chi connectivity index (χ3n) is 2.13. The van der Waals surface area contributed by atoms with E-state index in [0.717, 1.165) is 17.7 Å². The van der Waals surface area contributed by atoms with Crippen LogP contribution in [0.15, 0.2) is 24.3 Å². The van der Waals surface area contributed by atoms with Crippen molar-refractivity contribution in [2.45, 2.75) is 33.0 Å². The second-order valence-corrected chi connectivity index (χ2v) is 3.89. The van der Waals surface area contributed by atoms with E-state index in [1.165, 1.54) is 0 Å². The SMILES string of the molecule is CCOCc1ccc(C(C)(C)O)cc1. The maximum absolute atomic E-state index is 9.72. The predicted octanol–water partition coefficient (Wildman–Crippen LogP) is 2.45. The summed E-state index contributed by atoms with van der Waals surface area (Å²) in [5.41, 5.74) is 1.31. The monoisotopic (exact) mass is 194 g/mol.